The lowest BCUT2D eigenvalue weighted by atomic mass is 10.1. The highest BCUT2D eigenvalue weighted by atomic mass is 16.5. The van der Waals surface area contributed by atoms with Gasteiger partial charge in [0.25, 0.3) is 0 Å². The first-order chi connectivity index (χ1) is 14.8. The predicted molar refractivity (Wildman–Crippen MR) is 116 cm³/mol. The van der Waals surface area contributed by atoms with Gasteiger partial charge in [0.15, 0.2) is 5.96 Å². The van der Waals surface area contributed by atoms with Crippen molar-refractivity contribution in [2.75, 3.05) is 32.7 Å². The Kier molecular flexibility index (Phi) is 6.76. The zero-order valence-electron chi connectivity index (χ0n) is 17.4. The minimum absolute atomic E-state index is 0.666. The summed E-state index contributed by atoms with van der Waals surface area (Å²) in [6, 6.07) is 10.5. The summed E-state index contributed by atoms with van der Waals surface area (Å²) in [5.41, 5.74) is 3.46. The van der Waals surface area contributed by atoms with E-state index in [4.69, 9.17) is 9.52 Å². The third kappa shape index (κ3) is 5.48. The number of nitrogens with one attached hydrogen (secondary N) is 1. The van der Waals surface area contributed by atoms with Gasteiger partial charge in [-0.3, -0.25) is 4.90 Å². The molecule has 0 amide bonds. The first-order valence-electron chi connectivity index (χ1n) is 10.5. The van der Waals surface area contributed by atoms with Gasteiger partial charge >= 0.3 is 0 Å². The van der Waals surface area contributed by atoms with Gasteiger partial charge in [-0.25, -0.2) is 9.98 Å². The van der Waals surface area contributed by atoms with Crippen molar-refractivity contribution in [2.24, 2.45) is 4.99 Å². The third-order valence-electron chi connectivity index (χ3n) is 5.21. The largest absolute Gasteiger partial charge is 0.364 e. The van der Waals surface area contributed by atoms with Crippen LogP contribution >= 0.6 is 0 Å². The molecule has 1 aromatic carbocycles. The first kappa shape index (κ1) is 20.2. The van der Waals surface area contributed by atoms with Gasteiger partial charge < -0.3 is 19.3 Å². The summed E-state index contributed by atoms with van der Waals surface area (Å²) in [6.07, 6.45) is 7.26. The van der Waals surface area contributed by atoms with E-state index in [-0.39, 0.29) is 0 Å². The number of hydrogen-bond acceptors (Lipinski definition) is 5. The SMILES string of the molecule is CCNC(=NCc1cccc(Cn2ccnc2)c1)N1CCN(Cc2ccon2)CC1. The Morgan fingerprint density at radius 2 is 2.00 bits per heavy atom. The topological polar surface area (TPSA) is 74.7 Å². The standard InChI is InChI=1S/C22H29N7O/c1-2-24-22(29-11-9-27(10-12-29)17-21-6-13-30-26-21)25-15-19-4-3-5-20(14-19)16-28-8-7-23-18-28/h3-8,13-14,18H,2,9-12,15-17H2,1H3,(H,24,25). The lowest BCUT2D eigenvalue weighted by Crippen LogP contribution is -2.52. The van der Waals surface area contributed by atoms with Crippen LogP contribution in [0.2, 0.25) is 0 Å². The van der Waals surface area contributed by atoms with E-state index in [1.165, 1.54) is 11.1 Å². The Bertz CT molecular complexity index is 913. The fourth-order valence-corrected chi connectivity index (χ4v) is 3.68. The molecule has 0 saturated carbocycles. The van der Waals surface area contributed by atoms with Crippen molar-refractivity contribution < 1.29 is 4.52 Å². The predicted octanol–water partition coefficient (Wildman–Crippen LogP) is 2.20. The Labute approximate surface area is 177 Å². The summed E-state index contributed by atoms with van der Waals surface area (Å²) in [5.74, 6) is 0.985. The van der Waals surface area contributed by atoms with Crippen LogP contribution in [-0.4, -0.2) is 63.2 Å². The highest BCUT2D eigenvalue weighted by Crippen LogP contribution is 2.11. The molecule has 1 aliphatic rings. The van der Waals surface area contributed by atoms with Crippen LogP contribution in [0.4, 0.5) is 0 Å². The maximum Gasteiger partial charge on any atom is 0.194 e. The van der Waals surface area contributed by atoms with Gasteiger partial charge in [0.05, 0.1) is 18.6 Å². The quantitative estimate of drug-likeness (QED) is 0.478. The molecule has 30 heavy (non-hydrogen) atoms. The van der Waals surface area contributed by atoms with Crippen molar-refractivity contribution in [3.63, 3.8) is 0 Å². The van der Waals surface area contributed by atoms with Crippen LogP contribution in [0.25, 0.3) is 0 Å². The molecule has 3 heterocycles. The number of benzene rings is 1. The Morgan fingerprint density at radius 1 is 1.13 bits per heavy atom. The van der Waals surface area contributed by atoms with E-state index in [0.29, 0.717) is 6.54 Å². The summed E-state index contributed by atoms with van der Waals surface area (Å²) < 4.78 is 7.01. The second kappa shape index (κ2) is 10.1. The lowest BCUT2D eigenvalue weighted by molar-refractivity contribution is 0.169. The van der Waals surface area contributed by atoms with Gasteiger partial charge in [0.2, 0.25) is 0 Å². The summed E-state index contributed by atoms with van der Waals surface area (Å²) >= 11 is 0. The number of guanidine groups is 1. The Morgan fingerprint density at radius 3 is 2.73 bits per heavy atom. The molecule has 8 nitrogen and oxygen atoms in total. The molecular weight excluding hydrogens is 378 g/mol. The molecule has 4 rings (SSSR count). The molecule has 0 atom stereocenters. The molecule has 1 N–H and O–H groups in total. The van der Waals surface area contributed by atoms with Gasteiger partial charge in [0.1, 0.15) is 6.26 Å². The van der Waals surface area contributed by atoms with Crippen LogP contribution in [0.15, 0.2) is 64.8 Å². The third-order valence-corrected chi connectivity index (χ3v) is 5.21. The molecule has 8 heteroatoms. The molecule has 2 aromatic heterocycles. The Hall–Kier alpha value is -3.13. The van der Waals surface area contributed by atoms with Crippen molar-refractivity contribution in [3.05, 3.63) is 72.1 Å². The molecule has 0 spiro atoms. The molecule has 0 radical (unpaired) electrons. The number of aliphatic imine (C=N–C) groups is 1. The second-order valence-electron chi connectivity index (χ2n) is 7.48. The van der Waals surface area contributed by atoms with Gasteiger partial charge in [0, 0.05) is 64.3 Å². The average Bonchev–Trinajstić information content (AvgIpc) is 3.47. The van der Waals surface area contributed by atoms with Crippen molar-refractivity contribution in [1.82, 2.24) is 29.8 Å². The Balaban J connectivity index is 1.35. The lowest BCUT2D eigenvalue weighted by Gasteiger charge is -2.36. The summed E-state index contributed by atoms with van der Waals surface area (Å²) in [7, 11) is 0. The number of piperazine rings is 1. The van der Waals surface area contributed by atoms with E-state index in [2.05, 4.69) is 61.0 Å². The minimum Gasteiger partial charge on any atom is -0.364 e. The maximum atomic E-state index is 4.94. The normalized spacial score (nSPS) is 15.5. The number of aromatic nitrogens is 3. The molecule has 0 unspecified atom stereocenters. The highest BCUT2D eigenvalue weighted by Gasteiger charge is 2.20. The number of hydrogen-bond donors (Lipinski definition) is 1. The molecule has 3 aromatic rings. The van der Waals surface area contributed by atoms with Crippen LogP contribution in [0, 0.1) is 0 Å². The van der Waals surface area contributed by atoms with E-state index >= 15 is 0 Å². The molecule has 1 saturated heterocycles. The zero-order valence-corrected chi connectivity index (χ0v) is 17.4. The van der Waals surface area contributed by atoms with E-state index in [0.717, 1.165) is 57.5 Å². The fourth-order valence-electron chi connectivity index (χ4n) is 3.68. The van der Waals surface area contributed by atoms with Gasteiger partial charge in [-0.15, -0.1) is 0 Å². The van der Waals surface area contributed by atoms with Gasteiger partial charge in [-0.05, 0) is 18.1 Å². The van der Waals surface area contributed by atoms with Gasteiger partial charge in [-0.2, -0.15) is 0 Å². The molecule has 0 bridgehead atoms. The maximum absolute atomic E-state index is 4.94. The molecule has 0 aliphatic carbocycles. The number of imidazole rings is 1. The second-order valence-corrected chi connectivity index (χ2v) is 7.48. The molecule has 1 fully saturated rings. The molecule has 158 valence electrons. The van der Waals surface area contributed by atoms with Crippen molar-refractivity contribution in [3.8, 4) is 0 Å². The van der Waals surface area contributed by atoms with Crippen LogP contribution in [-0.2, 0) is 19.6 Å². The van der Waals surface area contributed by atoms with E-state index in [1.54, 1.807) is 6.26 Å². The zero-order chi connectivity index (χ0) is 20.6. The number of rotatable bonds is 7. The van der Waals surface area contributed by atoms with E-state index in [1.807, 2.05) is 24.8 Å². The van der Waals surface area contributed by atoms with Crippen molar-refractivity contribution in [1.29, 1.82) is 0 Å². The summed E-state index contributed by atoms with van der Waals surface area (Å²) in [4.78, 5) is 13.8. The summed E-state index contributed by atoms with van der Waals surface area (Å²) in [6.45, 7) is 9.16. The first-order valence-corrected chi connectivity index (χ1v) is 10.5. The van der Waals surface area contributed by atoms with E-state index < -0.39 is 0 Å². The van der Waals surface area contributed by atoms with Gasteiger partial charge in [-0.1, -0.05) is 29.4 Å². The van der Waals surface area contributed by atoms with Crippen LogP contribution in [0.5, 0.6) is 0 Å². The van der Waals surface area contributed by atoms with E-state index in [9.17, 15) is 0 Å². The van der Waals surface area contributed by atoms with Crippen LogP contribution in [0.3, 0.4) is 0 Å². The van der Waals surface area contributed by atoms with Crippen LogP contribution < -0.4 is 5.32 Å². The van der Waals surface area contributed by atoms with Crippen molar-refractivity contribution in [2.45, 2.75) is 26.6 Å². The minimum atomic E-state index is 0.666. The monoisotopic (exact) mass is 407 g/mol. The fraction of sp³-hybridized carbons (Fsp3) is 0.409. The average molecular weight is 408 g/mol. The smallest absolute Gasteiger partial charge is 0.194 e. The molecular formula is C22H29N7O. The van der Waals surface area contributed by atoms with Crippen LogP contribution in [0.1, 0.15) is 23.7 Å². The van der Waals surface area contributed by atoms with Crippen molar-refractivity contribution >= 4 is 5.96 Å². The number of nitrogens with zero attached hydrogens (tertiary/aromatic N) is 6. The highest BCUT2D eigenvalue weighted by molar-refractivity contribution is 5.80. The molecule has 1 aliphatic heterocycles. The summed E-state index contributed by atoms with van der Waals surface area (Å²) in [5, 5.41) is 7.47.